The molecule has 9 nitrogen and oxygen atoms in total. The van der Waals surface area contributed by atoms with E-state index in [0.29, 0.717) is 18.5 Å². The molecular formula is C30H36N3O6Y-. The van der Waals surface area contributed by atoms with Crippen LogP contribution >= 0.6 is 0 Å². The van der Waals surface area contributed by atoms with E-state index in [1.807, 2.05) is 58.0 Å². The van der Waals surface area contributed by atoms with Crippen molar-refractivity contribution in [3.63, 3.8) is 0 Å². The number of cyclic esters (lactones) is 1. The van der Waals surface area contributed by atoms with E-state index in [2.05, 4.69) is 16.7 Å². The molecule has 1 unspecified atom stereocenters. The molecule has 2 fully saturated rings. The number of nitrogens with zero attached hydrogens (tertiary/aromatic N) is 1. The zero-order valence-corrected chi connectivity index (χ0v) is 26.5. The van der Waals surface area contributed by atoms with Crippen LogP contribution in [0.1, 0.15) is 60.7 Å². The first kappa shape index (κ1) is 31.9. The maximum atomic E-state index is 13.5. The standard InChI is InChI=1S/C30H36N3O6.Y/c1-18-11-12-19(2)22(13-18)26(35)31-20(3)28(37)33-17-30(4,5)15-24(33)27(36)32-23-14-25(34)39-29(23)38-16-21-9-7-6-8-10-21;/h6-10,12-13,20,23-24,29H,14-17H2,1-5H3,(H,31,35)(H,32,36);/q-1;/t20-,23-,24-,29?;/m0./s1. The Morgan fingerprint density at radius 1 is 1.20 bits per heavy atom. The first-order chi connectivity index (χ1) is 18.4. The fraction of sp³-hybridized carbons (Fsp3) is 0.467. The summed E-state index contributed by atoms with van der Waals surface area (Å²) in [6, 6.07) is 13.7. The molecule has 2 aromatic carbocycles. The van der Waals surface area contributed by atoms with E-state index in [-0.39, 0.29) is 68.9 Å². The normalized spacial score (nSPS) is 22.2. The molecule has 2 aliphatic heterocycles. The number of rotatable bonds is 8. The molecule has 4 atom stereocenters. The number of likely N-dealkylation sites (tertiary alicyclic amines) is 1. The topological polar surface area (TPSA) is 114 Å². The second-order valence-corrected chi connectivity index (χ2v) is 11.2. The van der Waals surface area contributed by atoms with Crippen LogP contribution in [-0.4, -0.2) is 59.6 Å². The van der Waals surface area contributed by atoms with Gasteiger partial charge in [0.2, 0.25) is 24.0 Å². The minimum absolute atomic E-state index is 0. The van der Waals surface area contributed by atoms with E-state index in [1.165, 1.54) is 4.90 Å². The van der Waals surface area contributed by atoms with Crippen molar-refractivity contribution in [1.29, 1.82) is 0 Å². The van der Waals surface area contributed by atoms with Crippen LogP contribution in [0.4, 0.5) is 0 Å². The van der Waals surface area contributed by atoms with Crippen molar-refractivity contribution in [1.82, 2.24) is 15.5 Å². The molecule has 0 bridgehead atoms. The van der Waals surface area contributed by atoms with E-state index in [4.69, 9.17) is 9.47 Å². The van der Waals surface area contributed by atoms with Gasteiger partial charge in [-0.2, -0.15) is 23.8 Å². The maximum Gasteiger partial charge on any atom is 0.310 e. The average Bonchev–Trinajstić information content (AvgIpc) is 3.41. The molecule has 0 aromatic heterocycles. The monoisotopic (exact) mass is 623 g/mol. The number of carbonyl (C=O) groups is 4. The number of hydrogen-bond donors (Lipinski definition) is 2. The van der Waals surface area contributed by atoms with Crippen molar-refractivity contribution < 1.29 is 61.4 Å². The minimum Gasteiger partial charge on any atom is -0.433 e. The van der Waals surface area contributed by atoms with Crippen molar-refractivity contribution in [2.24, 2.45) is 5.41 Å². The third-order valence-corrected chi connectivity index (χ3v) is 7.12. The maximum absolute atomic E-state index is 13.5. The summed E-state index contributed by atoms with van der Waals surface area (Å²) < 4.78 is 11.1. The van der Waals surface area contributed by atoms with Gasteiger partial charge in [-0.15, -0.1) is 5.56 Å². The number of esters is 1. The van der Waals surface area contributed by atoms with Crippen molar-refractivity contribution in [2.45, 2.75) is 78.5 Å². The molecule has 0 spiro atoms. The zero-order valence-electron chi connectivity index (χ0n) is 23.7. The second kappa shape index (κ2) is 13.4. The third kappa shape index (κ3) is 7.77. The van der Waals surface area contributed by atoms with Crippen LogP contribution < -0.4 is 10.6 Å². The molecule has 10 heteroatoms. The Kier molecular flexibility index (Phi) is 10.7. The fourth-order valence-electron chi connectivity index (χ4n) is 5.07. The summed E-state index contributed by atoms with van der Waals surface area (Å²) in [7, 11) is 0. The van der Waals surface area contributed by atoms with E-state index in [9.17, 15) is 19.2 Å². The molecule has 40 heavy (non-hydrogen) atoms. The third-order valence-electron chi connectivity index (χ3n) is 7.12. The number of benzene rings is 2. The van der Waals surface area contributed by atoms with E-state index < -0.39 is 30.4 Å². The number of ether oxygens (including phenoxy) is 2. The summed E-state index contributed by atoms with van der Waals surface area (Å²) in [5, 5.41) is 5.67. The van der Waals surface area contributed by atoms with Crippen LogP contribution in [0.25, 0.3) is 0 Å². The van der Waals surface area contributed by atoms with Gasteiger partial charge in [-0.05, 0) is 24.3 Å². The average molecular weight is 624 g/mol. The van der Waals surface area contributed by atoms with Crippen LogP contribution in [0.5, 0.6) is 0 Å². The van der Waals surface area contributed by atoms with Crippen LogP contribution in [0, 0.1) is 25.3 Å². The minimum atomic E-state index is -0.923. The van der Waals surface area contributed by atoms with Crippen LogP contribution in [-0.2, 0) is 63.2 Å². The Labute approximate surface area is 260 Å². The zero-order chi connectivity index (χ0) is 28.3. The molecular weight excluding hydrogens is 587 g/mol. The van der Waals surface area contributed by atoms with Gasteiger partial charge in [-0.3, -0.25) is 19.2 Å². The molecule has 2 N–H and O–H groups in total. The Morgan fingerprint density at radius 2 is 1.90 bits per heavy atom. The van der Waals surface area contributed by atoms with Gasteiger partial charge in [0, 0.05) is 39.3 Å². The fourth-order valence-corrected chi connectivity index (χ4v) is 5.07. The molecule has 2 aromatic rings. The predicted molar refractivity (Wildman–Crippen MR) is 143 cm³/mol. The summed E-state index contributed by atoms with van der Waals surface area (Å²) in [5.74, 6) is -1.54. The summed E-state index contributed by atoms with van der Waals surface area (Å²) in [4.78, 5) is 53.4. The molecule has 0 saturated carbocycles. The van der Waals surface area contributed by atoms with Gasteiger partial charge in [0.05, 0.1) is 13.0 Å². The molecule has 2 saturated heterocycles. The number of hydrogen-bond acceptors (Lipinski definition) is 6. The van der Waals surface area contributed by atoms with Crippen molar-refractivity contribution in [3.05, 3.63) is 70.8 Å². The van der Waals surface area contributed by atoms with Crippen LogP contribution in [0.15, 0.2) is 42.5 Å². The quantitative estimate of drug-likeness (QED) is 0.346. The van der Waals surface area contributed by atoms with Gasteiger partial charge in [0.25, 0.3) is 0 Å². The SMILES string of the molecule is Cc1[c-]cc(C)c(C(=O)N[C@@H](C)C(=O)N2CC(C)(C)C[C@H]2C(=O)N[C@H]2CC(=O)OC2OCc2ccccc2)c1.[Y]. The predicted octanol–water partition coefficient (Wildman–Crippen LogP) is 2.82. The summed E-state index contributed by atoms with van der Waals surface area (Å²) in [5.41, 5.74) is 2.66. The van der Waals surface area contributed by atoms with Gasteiger partial charge >= 0.3 is 5.97 Å². The first-order valence-corrected chi connectivity index (χ1v) is 13.2. The summed E-state index contributed by atoms with van der Waals surface area (Å²) in [6.45, 7) is 9.84. The van der Waals surface area contributed by atoms with E-state index in [1.54, 1.807) is 19.1 Å². The summed E-state index contributed by atoms with van der Waals surface area (Å²) in [6.07, 6.45) is -0.502. The van der Waals surface area contributed by atoms with Gasteiger partial charge in [0.15, 0.2) is 0 Å². The Hall–Kier alpha value is -2.62. The van der Waals surface area contributed by atoms with Crippen molar-refractivity contribution in [2.75, 3.05) is 6.54 Å². The molecule has 1 radical (unpaired) electrons. The Balaban J connectivity index is 0.00000441. The molecule has 4 rings (SSSR count). The number of amides is 3. The van der Waals surface area contributed by atoms with E-state index in [0.717, 1.165) is 16.7 Å². The van der Waals surface area contributed by atoms with Gasteiger partial charge in [-0.1, -0.05) is 63.6 Å². The van der Waals surface area contributed by atoms with Crippen molar-refractivity contribution in [3.8, 4) is 0 Å². The number of nitrogens with one attached hydrogen (secondary N) is 2. The van der Waals surface area contributed by atoms with Crippen LogP contribution in [0.2, 0.25) is 0 Å². The molecule has 0 aliphatic carbocycles. The molecule has 2 aliphatic rings. The Bertz CT molecular complexity index is 1250. The smallest absolute Gasteiger partial charge is 0.310 e. The van der Waals surface area contributed by atoms with E-state index >= 15 is 0 Å². The second-order valence-electron chi connectivity index (χ2n) is 11.2. The largest absolute Gasteiger partial charge is 0.433 e. The van der Waals surface area contributed by atoms with Gasteiger partial charge in [0.1, 0.15) is 18.1 Å². The number of carbonyl (C=O) groups excluding carboxylic acids is 4. The first-order valence-electron chi connectivity index (χ1n) is 13.2. The Morgan fingerprint density at radius 3 is 2.60 bits per heavy atom. The molecule has 211 valence electrons. The van der Waals surface area contributed by atoms with Gasteiger partial charge < -0.3 is 25.0 Å². The molecule has 3 amide bonds. The number of aryl methyl sites for hydroxylation is 2. The van der Waals surface area contributed by atoms with Crippen molar-refractivity contribution >= 4 is 23.7 Å². The molecule has 2 heterocycles. The summed E-state index contributed by atoms with van der Waals surface area (Å²) >= 11 is 0. The van der Waals surface area contributed by atoms with Crippen LogP contribution in [0.3, 0.4) is 0 Å². The van der Waals surface area contributed by atoms with Gasteiger partial charge in [-0.25, -0.2) is 0 Å².